The summed E-state index contributed by atoms with van der Waals surface area (Å²) in [6.45, 7) is 0. The van der Waals surface area contributed by atoms with Gasteiger partial charge >= 0.3 is 23.2 Å². The Morgan fingerprint density at radius 3 is 1.93 bits per heavy atom. The Bertz CT molecular complexity index is 248. The van der Waals surface area contributed by atoms with E-state index in [1.165, 1.54) is 0 Å². The third kappa shape index (κ3) is 2.67. The minimum Gasteiger partial charge on any atom is -0.253 e. The average Bonchev–Trinajstić information content (AvgIpc) is 1.97. The molecule has 0 bridgehead atoms. The molecule has 11 heteroatoms. The second-order valence-corrected chi connectivity index (χ2v) is 1.74. The predicted octanol–water partition coefficient (Wildman–Crippen LogP) is 0.851. The van der Waals surface area contributed by atoms with Gasteiger partial charge in [-0.1, -0.05) is 4.99 Å². The summed E-state index contributed by atoms with van der Waals surface area (Å²) in [6.07, 6.45) is -6.20. The van der Waals surface area contributed by atoms with Crippen molar-refractivity contribution in [1.82, 2.24) is 0 Å². The monoisotopic (exact) mass is 225 g/mol. The van der Waals surface area contributed by atoms with Crippen molar-refractivity contribution in [3.63, 3.8) is 0 Å². The fourth-order valence-corrected chi connectivity index (χ4v) is 0.232. The van der Waals surface area contributed by atoms with E-state index in [0.29, 0.717) is 0 Å². The Morgan fingerprint density at radius 1 is 1.21 bits per heavy atom. The van der Waals surface area contributed by atoms with Gasteiger partial charge < -0.3 is 0 Å². The highest BCUT2D eigenvalue weighted by molar-refractivity contribution is 5.77. The maximum Gasteiger partial charge on any atom is 0.465 e. The fraction of sp³-hybridized carbons (Fsp3) is 0.667. The SMILES string of the molecule is O=C(OO[N+](=O)[O-])C(F)(F)C(F)(F)F. The van der Waals surface area contributed by atoms with Crippen molar-refractivity contribution in [2.75, 3.05) is 0 Å². The molecule has 0 saturated heterocycles. The van der Waals surface area contributed by atoms with Gasteiger partial charge in [0.05, 0.1) is 0 Å². The molecule has 0 radical (unpaired) electrons. The van der Waals surface area contributed by atoms with Gasteiger partial charge in [-0.2, -0.15) is 22.0 Å². The molecule has 0 saturated carbocycles. The highest BCUT2D eigenvalue weighted by Gasteiger charge is 2.65. The van der Waals surface area contributed by atoms with Gasteiger partial charge in [-0.05, 0) is 0 Å². The first-order chi connectivity index (χ1) is 6.09. The molecular weight excluding hydrogens is 225 g/mol. The molecular formula is C3F5NO5. The van der Waals surface area contributed by atoms with Crippen LogP contribution in [0, 0.1) is 10.1 Å². The van der Waals surface area contributed by atoms with E-state index in [-0.39, 0.29) is 0 Å². The highest BCUT2D eigenvalue weighted by Crippen LogP contribution is 2.36. The fourth-order valence-electron chi connectivity index (χ4n) is 0.232. The van der Waals surface area contributed by atoms with Gasteiger partial charge in [0.25, 0.3) is 0 Å². The molecule has 82 valence electrons. The third-order valence-electron chi connectivity index (χ3n) is 0.786. The Labute approximate surface area is 71.2 Å². The van der Waals surface area contributed by atoms with E-state index in [2.05, 4.69) is 9.88 Å². The van der Waals surface area contributed by atoms with Crippen LogP contribution in [0.1, 0.15) is 0 Å². The lowest BCUT2D eigenvalue weighted by atomic mass is 10.3. The molecule has 0 aliphatic heterocycles. The van der Waals surface area contributed by atoms with Crippen LogP contribution in [0.4, 0.5) is 22.0 Å². The van der Waals surface area contributed by atoms with Gasteiger partial charge in [0.1, 0.15) is 0 Å². The smallest absolute Gasteiger partial charge is 0.253 e. The second kappa shape index (κ2) is 3.59. The first kappa shape index (κ1) is 12.3. The summed E-state index contributed by atoms with van der Waals surface area (Å²) in [5.41, 5.74) is 0. The number of rotatable bonds is 3. The van der Waals surface area contributed by atoms with E-state index >= 15 is 0 Å². The molecule has 0 aromatic heterocycles. The van der Waals surface area contributed by atoms with Gasteiger partial charge in [0, 0.05) is 0 Å². The van der Waals surface area contributed by atoms with Gasteiger partial charge in [-0.25, -0.2) is 4.79 Å². The summed E-state index contributed by atoms with van der Waals surface area (Å²) in [6, 6.07) is 0. The number of hydrogen-bond donors (Lipinski definition) is 0. The molecule has 0 aliphatic carbocycles. The second-order valence-electron chi connectivity index (χ2n) is 1.74. The van der Waals surface area contributed by atoms with Crippen LogP contribution in [0.15, 0.2) is 0 Å². The maximum absolute atomic E-state index is 11.9. The van der Waals surface area contributed by atoms with Gasteiger partial charge in [0.15, 0.2) is 0 Å². The Kier molecular flexibility index (Phi) is 3.16. The molecule has 6 nitrogen and oxygen atoms in total. The third-order valence-corrected chi connectivity index (χ3v) is 0.786. The van der Waals surface area contributed by atoms with Crippen LogP contribution >= 0.6 is 0 Å². The summed E-state index contributed by atoms with van der Waals surface area (Å²) in [5, 5.41) is 7.39. The lowest BCUT2D eigenvalue weighted by Gasteiger charge is -2.15. The number of carbonyl (C=O) groups excluding carboxylic acids is 1. The van der Waals surface area contributed by atoms with Crippen LogP contribution in [0.2, 0.25) is 0 Å². The largest absolute Gasteiger partial charge is 0.465 e. The van der Waals surface area contributed by atoms with E-state index in [4.69, 9.17) is 0 Å². The van der Waals surface area contributed by atoms with E-state index < -0.39 is 23.2 Å². The zero-order valence-electron chi connectivity index (χ0n) is 5.88. The summed E-state index contributed by atoms with van der Waals surface area (Å²) in [5.74, 6) is -9.08. The minimum absolute atomic E-state index is 1.87. The molecule has 0 aliphatic rings. The Hall–Kier alpha value is -1.68. The molecule has 0 N–H and O–H groups in total. The minimum atomic E-state index is -6.20. The highest BCUT2D eigenvalue weighted by atomic mass is 19.4. The van der Waals surface area contributed by atoms with Crippen molar-refractivity contribution in [1.29, 1.82) is 0 Å². The number of hydrogen-bond acceptors (Lipinski definition) is 5. The van der Waals surface area contributed by atoms with Crippen molar-refractivity contribution >= 4 is 5.97 Å². The Balaban J connectivity index is 4.45. The number of alkyl halides is 5. The van der Waals surface area contributed by atoms with Gasteiger partial charge in [0.2, 0.25) is 0 Å². The Morgan fingerprint density at radius 2 is 1.64 bits per heavy atom. The van der Waals surface area contributed by atoms with Crippen molar-refractivity contribution in [2.45, 2.75) is 12.1 Å². The maximum atomic E-state index is 11.9. The van der Waals surface area contributed by atoms with E-state index in [1.54, 1.807) is 0 Å². The first-order valence-electron chi connectivity index (χ1n) is 2.57. The molecule has 0 spiro atoms. The van der Waals surface area contributed by atoms with Crippen molar-refractivity contribution in [3.05, 3.63) is 10.1 Å². The quantitative estimate of drug-likeness (QED) is 0.308. The summed E-state index contributed by atoms with van der Waals surface area (Å²) in [7, 11) is 0. The van der Waals surface area contributed by atoms with Gasteiger partial charge in [-0.3, -0.25) is 4.89 Å². The molecule has 0 fully saturated rings. The number of carbonyl (C=O) groups is 1. The molecule has 0 atom stereocenters. The van der Waals surface area contributed by atoms with Crippen molar-refractivity contribution < 1.29 is 41.7 Å². The van der Waals surface area contributed by atoms with Crippen molar-refractivity contribution in [3.8, 4) is 0 Å². The van der Waals surface area contributed by atoms with Gasteiger partial charge in [-0.15, -0.1) is 10.1 Å². The normalized spacial score (nSPS) is 12.1. The van der Waals surface area contributed by atoms with Crippen LogP contribution < -0.4 is 0 Å². The van der Waals surface area contributed by atoms with E-state index in [1.807, 2.05) is 0 Å². The average molecular weight is 225 g/mol. The predicted molar refractivity (Wildman–Crippen MR) is 25.2 cm³/mol. The lowest BCUT2D eigenvalue weighted by Crippen LogP contribution is -2.45. The summed E-state index contributed by atoms with van der Waals surface area (Å²) in [4.78, 5) is 24.3. The molecule has 0 heterocycles. The molecule has 0 unspecified atom stereocenters. The molecule has 14 heavy (non-hydrogen) atoms. The van der Waals surface area contributed by atoms with Crippen molar-refractivity contribution in [2.24, 2.45) is 0 Å². The lowest BCUT2D eigenvalue weighted by molar-refractivity contribution is -0.840. The van der Waals surface area contributed by atoms with Crippen LogP contribution in [0.5, 0.6) is 0 Å². The molecule has 0 amide bonds. The van der Waals surface area contributed by atoms with Crippen LogP contribution in [-0.2, 0) is 14.7 Å². The summed E-state index contributed by atoms with van der Waals surface area (Å²) < 4.78 is 57.7. The zero-order chi connectivity index (χ0) is 11.6. The molecule has 0 aromatic rings. The standard InChI is InChI=1S/C3F5NO5/c4-2(5,3(6,7)8)1(10)13-14-9(11)12. The van der Waals surface area contributed by atoms with E-state index in [0.717, 1.165) is 0 Å². The summed E-state index contributed by atoms with van der Waals surface area (Å²) >= 11 is 0. The van der Waals surface area contributed by atoms with Crippen LogP contribution in [-0.4, -0.2) is 23.2 Å². The number of halogens is 5. The first-order valence-corrected chi connectivity index (χ1v) is 2.57. The molecule has 0 rings (SSSR count). The zero-order valence-corrected chi connectivity index (χ0v) is 5.88. The number of nitrogens with zero attached hydrogens (tertiary/aromatic N) is 1. The molecule has 0 aromatic carbocycles. The topological polar surface area (TPSA) is 78.7 Å². The van der Waals surface area contributed by atoms with Crippen LogP contribution in [0.25, 0.3) is 0 Å². The van der Waals surface area contributed by atoms with Crippen LogP contribution in [0.3, 0.4) is 0 Å². The van der Waals surface area contributed by atoms with E-state index in [9.17, 15) is 36.9 Å².